The van der Waals surface area contributed by atoms with Crippen LogP contribution in [-0.4, -0.2) is 48.4 Å². The Morgan fingerprint density at radius 2 is 1.64 bits per heavy atom. The fourth-order valence-corrected chi connectivity index (χ4v) is 3.72. The fourth-order valence-electron chi connectivity index (χ4n) is 3.40. The molecular weight excluding hydrogens is 393 g/mol. The van der Waals surface area contributed by atoms with E-state index in [1.165, 1.54) is 11.1 Å². The third-order valence-electron chi connectivity index (χ3n) is 5.15. The SMILES string of the molecule is Cc1ccc(NC(=O)C(C)CN2CCN(Cc3ccc(Cl)c(Cl)c3)CC2)cc1. The minimum atomic E-state index is -0.0528. The average molecular weight is 420 g/mol. The number of nitrogens with zero attached hydrogens (tertiary/aromatic N) is 2. The molecule has 0 spiro atoms. The Balaban J connectivity index is 1.43. The van der Waals surface area contributed by atoms with Gasteiger partial charge >= 0.3 is 0 Å². The number of carbonyl (C=O) groups excluding carboxylic acids is 1. The van der Waals surface area contributed by atoms with Crippen molar-refractivity contribution in [1.29, 1.82) is 0 Å². The molecule has 2 aromatic rings. The van der Waals surface area contributed by atoms with E-state index in [1.807, 2.05) is 56.3 Å². The second-order valence-electron chi connectivity index (χ2n) is 7.58. The van der Waals surface area contributed by atoms with Crippen LogP contribution in [0.2, 0.25) is 10.0 Å². The van der Waals surface area contributed by atoms with E-state index in [0.29, 0.717) is 10.0 Å². The Labute approximate surface area is 177 Å². The molecule has 0 saturated carbocycles. The molecule has 1 aliphatic rings. The maximum Gasteiger partial charge on any atom is 0.228 e. The predicted molar refractivity (Wildman–Crippen MR) is 117 cm³/mol. The van der Waals surface area contributed by atoms with Gasteiger partial charge in [0.25, 0.3) is 0 Å². The number of carbonyl (C=O) groups is 1. The molecule has 1 amide bonds. The van der Waals surface area contributed by atoms with E-state index in [1.54, 1.807) is 0 Å². The van der Waals surface area contributed by atoms with Gasteiger partial charge in [-0.2, -0.15) is 0 Å². The van der Waals surface area contributed by atoms with E-state index >= 15 is 0 Å². The quantitative estimate of drug-likeness (QED) is 0.736. The number of amides is 1. The number of benzene rings is 2. The van der Waals surface area contributed by atoms with Crippen LogP contribution in [0.1, 0.15) is 18.1 Å². The number of hydrogen-bond acceptors (Lipinski definition) is 3. The Bertz CT molecular complexity index is 802. The average Bonchev–Trinajstić information content (AvgIpc) is 2.68. The van der Waals surface area contributed by atoms with Gasteiger partial charge in [-0.3, -0.25) is 9.69 Å². The summed E-state index contributed by atoms with van der Waals surface area (Å²) in [6.45, 7) is 9.56. The van der Waals surface area contributed by atoms with Crippen LogP contribution < -0.4 is 5.32 Å². The molecule has 0 bridgehead atoms. The maximum atomic E-state index is 12.5. The first kappa shape index (κ1) is 21.1. The Kier molecular flexibility index (Phi) is 7.36. The van der Waals surface area contributed by atoms with Crippen molar-refractivity contribution in [2.75, 3.05) is 38.0 Å². The first-order valence-electron chi connectivity index (χ1n) is 9.67. The van der Waals surface area contributed by atoms with Gasteiger partial charge in [0.1, 0.15) is 0 Å². The standard InChI is InChI=1S/C22H27Cl2N3O/c1-16-3-6-19(7-4-16)25-22(28)17(2)14-26-9-11-27(12-10-26)15-18-5-8-20(23)21(24)13-18/h3-8,13,17H,9-12,14-15H2,1-2H3,(H,25,28). The topological polar surface area (TPSA) is 35.6 Å². The molecule has 0 aliphatic carbocycles. The molecule has 1 aliphatic heterocycles. The molecule has 6 heteroatoms. The lowest BCUT2D eigenvalue weighted by atomic mass is 10.1. The zero-order valence-electron chi connectivity index (χ0n) is 16.4. The van der Waals surface area contributed by atoms with E-state index in [4.69, 9.17) is 23.2 Å². The summed E-state index contributed by atoms with van der Waals surface area (Å²) >= 11 is 12.1. The Morgan fingerprint density at radius 1 is 1.00 bits per heavy atom. The number of piperazine rings is 1. The van der Waals surface area contributed by atoms with E-state index in [-0.39, 0.29) is 11.8 Å². The van der Waals surface area contributed by atoms with Crippen LogP contribution in [-0.2, 0) is 11.3 Å². The van der Waals surface area contributed by atoms with Crippen LogP contribution in [0.5, 0.6) is 0 Å². The molecule has 0 aromatic heterocycles. The maximum absolute atomic E-state index is 12.5. The smallest absolute Gasteiger partial charge is 0.228 e. The van der Waals surface area contributed by atoms with Gasteiger partial charge < -0.3 is 10.2 Å². The summed E-state index contributed by atoms with van der Waals surface area (Å²) in [5, 5.41) is 4.20. The summed E-state index contributed by atoms with van der Waals surface area (Å²) in [7, 11) is 0. The van der Waals surface area contributed by atoms with Crippen molar-refractivity contribution in [3.8, 4) is 0 Å². The molecule has 150 valence electrons. The van der Waals surface area contributed by atoms with Crippen molar-refractivity contribution in [2.24, 2.45) is 5.92 Å². The zero-order valence-corrected chi connectivity index (χ0v) is 17.9. The first-order valence-corrected chi connectivity index (χ1v) is 10.4. The lowest BCUT2D eigenvalue weighted by Gasteiger charge is -2.35. The molecule has 1 atom stereocenters. The van der Waals surface area contributed by atoms with Gasteiger partial charge in [-0.1, -0.05) is 53.9 Å². The number of aryl methyl sites for hydroxylation is 1. The number of halogens is 2. The van der Waals surface area contributed by atoms with E-state index in [0.717, 1.165) is 45.0 Å². The van der Waals surface area contributed by atoms with Crippen molar-refractivity contribution in [1.82, 2.24) is 9.80 Å². The number of anilines is 1. The summed E-state index contributed by atoms with van der Waals surface area (Å²) < 4.78 is 0. The van der Waals surface area contributed by atoms with Crippen LogP contribution in [0.4, 0.5) is 5.69 Å². The molecule has 1 saturated heterocycles. The Morgan fingerprint density at radius 3 is 2.29 bits per heavy atom. The lowest BCUT2D eigenvalue weighted by Crippen LogP contribution is -2.48. The van der Waals surface area contributed by atoms with Gasteiger partial charge in [0.05, 0.1) is 10.0 Å². The molecule has 4 nitrogen and oxygen atoms in total. The second-order valence-corrected chi connectivity index (χ2v) is 8.40. The summed E-state index contributed by atoms with van der Waals surface area (Å²) in [6, 6.07) is 13.7. The van der Waals surface area contributed by atoms with Crippen LogP contribution >= 0.6 is 23.2 Å². The molecule has 0 radical (unpaired) electrons. The van der Waals surface area contributed by atoms with Crippen molar-refractivity contribution in [2.45, 2.75) is 20.4 Å². The molecule has 28 heavy (non-hydrogen) atoms. The molecule has 1 unspecified atom stereocenters. The zero-order chi connectivity index (χ0) is 20.1. The molecule has 1 heterocycles. The number of rotatable bonds is 6. The second kappa shape index (κ2) is 9.75. The van der Waals surface area contributed by atoms with E-state index in [2.05, 4.69) is 15.1 Å². The van der Waals surface area contributed by atoms with Crippen LogP contribution in [0.15, 0.2) is 42.5 Å². The van der Waals surface area contributed by atoms with Crippen molar-refractivity contribution in [3.63, 3.8) is 0 Å². The van der Waals surface area contributed by atoms with Gasteiger partial charge in [-0.25, -0.2) is 0 Å². The molecule has 2 aromatic carbocycles. The molecule has 1 N–H and O–H groups in total. The van der Waals surface area contributed by atoms with Crippen LogP contribution in [0.3, 0.4) is 0 Å². The third-order valence-corrected chi connectivity index (χ3v) is 5.89. The summed E-state index contributed by atoms with van der Waals surface area (Å²) in [6.07, 6.45) is 0. The van der Waals surface area contributed by atoms with Crippen molar-refractivity contribution in [3.05, 3.63) is 63.6 Å². The molecule has 1 fully saturated rings. The monoisotopic (exact) mass is 419 g/mol. The van der Waals surface area contributed by atoms with Crippen molar-refractivity contribution >= 4 is 34.8 Å². The van der Waals surface area contributed by atoms with Gasteiger partial charge in [0, 0.05) is 50.9 Å². The van der Waals surface area contributed by atoms with Gasteiger partial charge in [-0.15, -0.1) is 0 Å². The largest absolute Gasteiger partial charge is 0.326 e. The number of hydrogen-bond donors (Lipinski definition) is 1. The van der Waals surface area contributed by atoms with E-state index in [9.17, 15) is 4.79 Å². The third kappa shape index (κ3) is 5.95. The van der Waals surface area contributed by atoms with Gasteiger partial charge in [0.2, 0.25) is 5.91 Å². The predicted octanol–water partition coefficient (Wildman–Crippen LogP) is 4.69. The highest BCUT2D eigenvalue weighted by Gasteiger charge is 2.22. The minimum absolute atomic E-state index is 0.0528. The van der Waals surface area contributed by atoms with Gasteiger partial charge in [-0.05, 0) is 36.8 Å². The number of nitrogens with one attached hydrogen (secondary N) is 1. The van der Waals surface area contributed by atoms with Crippen LogP contribution in [0.25, 0.3) is 0 Å². The summed E-state index contributed by atoms with van der Waals surface area (Å²) in [5.41, 5.74) is 3.22. The highest BCUT2D eigenvalue weighted by Crippen LogP contribution is 2.23. The highest BCUT2D eigenvalue weighted by atomic mass is 35.5. The fraction of sp³-hybridized carbons (Fsp3) is 0.409. The summed E-state index contributed by atoms with van der Waals surface area (Å²) in [5.74, 6) is 0.0185. The Hall–Kier alpha value is -1.59. The normalized spacial score (nSPS) is 16.7. The van der Waals surface area contributed by atoms with E-state index < -0.39 is 0 Å². The minimum Gasteiger partial charge on any atom is -0.326 e. The van der Waals surface area contributed by atoms with Crippen LogP contribution in [0, 0.1) is 12.8 Å². The van der Waals surface area contributed by atoms with Crippen molar-refractivity contribution < 1.29 is 4.79 Å². The molecular formula is C22H27Cl2N3O. The van der Waals surface area contributed by atoms with Gasteiger partial charge in [0.15, 0.2) is 0 Å². The highest BCUT2D eigenvalue weighted by molar-refractivity contribution is 6.42. The first-order chi connectivity index (χ1) is 13.4. The summed E-state index contributed by atoms with van der Waals surface area (Å²) in [4.78, 5) is 17.2. The molecule has 3 rings (SSSR count). The lowest BCUT2D eigenvalue weighted by molar-refractivity contribution is -0.120.